The van der Waals surface area contributed by atoms with Crippen LogP contribution in [0.3, 0.4) is 0 Å². The molecule has 0 bridgehead atoms. The maximum absolute atomic E-state index is 12.8. The fourth-order valence-electron chi connectivity index (χ4n) is 4.01. The number of carbonyl (C=O) groups is 2. The second kappa shape index (κ2) is 9.80. The lowest BCUT2D eigenvalue weighted by Crippen LogP contribution is -2.34. The lowest BCUT2D eigenvalue weighted by molar-refractivity contribution is -0.126. The molecule has 0 spiro atoms. The molecule has 1 unspecified atom stereocenters. The van der Waals surface area contributed by atoms with Crippen LogP contribution in [-0.4, -0.2) is 60.6 Å². The van der Waals surface area contributed by atoms with Gasteiger partial charge in [-0.1, -0.05) is 6.07 Å². The van der Waals surface area contributed by atoms with Crippen molar-refractivity contribution >= 4 is 23.5 Å². The van der Waals surface area contributed by atoms with Gasteiger partial charge in [-0.25, -0.2) is 0 Å². The number of hydrogen-bond donors (Lipinski definition) is 1. The maximum atomic E-state index is 12.8. The van der Waals surface area contributed by atoms with Crippen molar-refractivity contribution in [1.82, 2.24) is 20.3 Å². The standard InChI is InChI=1S/C22H28N6O4/c1-31-17-8-6-7-16(12-17)28-14-15(11-19(28)29)20(30)23-13-18-24-21(26-22(25-18)32-2)27-9-4-3-5-10-27/h6-8,12,15H,3-5,9-11,13-14H2,1-2H3,(H,23,30). The number of benzene rings is 1. The zero-order valence-corrected chi connectivity index (χ0v) is 18.4. The summed E-state index contributed by atoms with van der Waals surface area (Å²) in [4.78, 5) is 42.2. The predicted molar refractivity (Wildman–Crippen MR) is 118 cm³/mol. The van der Waals surface area contributed by atoms with Gasteiger partial charge in [0.2, 0.25) is 17.8 Å². The Labute approximate surface area is 186 Å². The first-order valence-electron chi connectivity index (χ1n) is 10.8. The Balaban J connectivity index is 1.39. The van der Waals surface area contributed by atoms with Crippen LogP contribution in [0.25, 0.3) is 0 Å². The highest BCUT2D eigenvalue weighted by molar-refractivity contribution is 6.00. The summed E-state index contributed by atoms with van der Waals surface area (Å²) in [6.45, 7) is 2.24. The van der Waals surface area contributed by atoms with E-state index >= 15 is 0 Å². The van der Waals surface area contributed by atoms with Crippen LogP contribution in [-0.2, 0) is 16.1 Å². The average Bonchev–Trinajstić information content (AvgIpc) is 3.24. The maximum Gasteiger partial charge on any atom is 0.321 e. The number of methoxy groups -OCH3 is 2. The minimum absolute atomic E-state index is 0.0902. The van der Waals surface area contributed by atoms with E-state index in [0.29, 0.717) is 24.1 Å². The van der Waals surface area contributed by atoms with Crippen molar-refractivity contribution in [2.75, 3.05) is 43.7 Å². The first-order valence-corrected chi connectivity index (χ1v) is 10.8. The monoisotopic (exact) mass is 440 g/mol. The molecule has 2 aromatic rings. The third-order valence-electron chi connectivity index (χ3n) is 5.75. The zero-order valence-electron chi connectivity index (χ0n) is 18.4. The van der Waals surface area contributed by atoms with Gasteiger partial charge in [-0.2, -0.15) is 15.0 Å². The molecule has 2 fully saturated rings. The molecule has 0 aliphatic carbocycles. The summed E-state index contributed by atoms with van der Waals surface area (Å²) in [5, 5.41) is 2.87. The highest BCUT2D eigenvalue weighted by atomic mass is 16.5. The predicted octanol–water partition coefficient (Wildman–Crippen LogP) is 1.55. The Morgan fingerprint density at radius 2 is 1.94 bits per heavy atom. The number of piperidine rings is 1. The van der Waals surface area contributed by atoms with E-state index < -0.39 is 5.92 Å². The molecule has 2 saturated heterocycles. The van der Waals surface area contributed by atoms with Crippen LogP contribution in [0.4, 0.5) is 11.6 Å². The molecule has 1 aromatic heterocycles. The number of nitrogens with one attached hydrogen (secondary N) is 1. The fourth-order valence-corrected chi connectivity index (χ4v) is 4.01. The molecule has 4 rings (SSSR count). The third-order valence-corrected chi connectivity index (χ3v) is 5.75. The summed E-state index contributed by atoms with van der Waals surface area (Å²) >= 11 is 0. The van der Waals surface area contributed by atoms with Crippen LogP contribution < -0.4 is 24.6 Å². The summed E-state index contributed by atoms with van der Waals surface area (Å²) in [6.07, 6.45) is 3.55. The quantitative estimate of drug-likeness (QED) is 0.691. The van der Waals surface area contributed by atoms with E-state index in [1.54, 1.807) is 18.1 Å². The van der Waals surface area contributed by atoms with Crippen LogP contribution in [0.15, 0.2) is 24.3 Å². The number of amides is 2. The third kappa shape index (κ3) is 4.90. The number of anilines is 2. The van der Waals surface area contributed by atoms with Crippen LogP contribution >= 0.6 is 0 Å². The van der Waals surface area contributed by atoms with Gasteiger partial charge in [-0.15, -0.1) is 0 Å². The first kappa shape index (κ1) is 21.8. The molecule has 0 saturated carbocycles. The van der Waals surface area contributed by atoms with Gasteiger partial charge in [0.15, 0.2) is 5.82 Å². The van der Waals surface area contributed by atoms with E-state index in [-0.39, 0.29) is 30.8 Å². The molecule has 1 N–H and O–H groups in total. The normalized spacial score (nSPS) is 18.6. The molecule has 2 aliphatic heterocycles. The van der Waals surface area contributed by atoms with Gasteiger partial charge in [0, 0.05) is 37.8 Å². The van der Waals surface area contributed by atoms with Crippen molar-refractivity contribution in [2.24, 2.45) is 5.92 Å². The lowest BCUT2D eigenvalue weighted by atomic mass is 10.1. The number of hydrogen-bond acceptors (Lipinski definition) is 8. The van der Waals surface area contributed by atoms with E-state index in [2.05, 4.69) is 25.2 Å². The van der Waals surface area contributed by atoms with Crippen molar-refractivity contribution in [3.63, 3.8) is 0 Å². The van der Waals surface area contributed by atoms with Crippen LogP contribution in [0, 0.1) is 5.92 Å². The summed E-state index contributed by atoms with van der Waals surface area (Å²) in [7, 11) is 3.09. The number of rotatable bonds is 7. The summed E-state index contributed by atoms with van der Waals surface area (Å²) in [6, 6.07) is 7.49. The SMILES string of the molecule is COc1cccc(N2CC(C(=O)NCc3nc(OC)nc(N4CCCCC4)n3)CC2=O)c1. The topological polar surface area (TPSA) is 110 Å². The minimum atomic E-state index is -0.445. The van der Waals surface area contributed by atoms with Crippen LogP contribution in [0.2, 0.25) is 0 Å². The van der Waals surface area contributed by atoms with Gasteiger partial charge >= 0.3 is 6.01 Å². The van der Waals surface area contributed by atoms with E-state index in [4.69, 9.17) is 9.47 Å². The molecule has 32 heavy (non-hydrogen) atoms. The molecule has 2 amide bonds. The second-order valence-electron chi connectivity index (χ2n) is 7.91. The van der Waals surface area contributed by atoms with Crippen LogP contribution in [0.5, 0.6) is 11.8 Å². The van der Waals surface area contributed by atoms with Crippen molar-refractivity contribution < 1.29 is 19.1 Å². The number of nitrogens with zero attached hydrogens (tertiary/aromatic N) is 5. The Morgan fingerprint density at radius 1 is 1.12 bits per heavy atom. The number of carbonyl (C=O) groups excluding carboxylic acids is 2. The molecule has 1 atom stereocenters. The fraction of sp³-hybridized carbons (Fsp3) is 0.500. The lowest BCUT2D eigenvalue weighted by Gasteiger charge is -2.26. The van der Waals surface area contributed by atoms with Crippen molar-refractivity contribution in [3.05, 3.63) is 30.1 Å². The van der Waals surface area contributed by atoms with Crippen LogP contribution in [0.1, 0.15) is 31.5 Å². The molecule has 10 heteroatoms. The molecular formula is C22H28N6O4. The smallest absolute Gasteiger partial charge is 0.321 e. The molecular weight excluding hydrogens is 412 g/mol. The van der Waals surface area contributed by atoms with Gasteiger partial charge in [0.1, 0.15) is 5.75 Å². The van der Waals surface area contributed by atoms with E-state index in [0.717, 1.165) is 31.6 Å². The van der Waals surface area contributed by atoms with E-state index in [1.165, 1.54) is 13.5 Å². The number of aromatic nitrogens is 3. The minimum Gasteiger partial charge on any atom is -0.497 e. The number of ether oxygens (including phenoxy) is 2. The largest absolute Gasteiger partial charge is 0.497 e. The van der Waals surface area contributed by atoms with E-state index in [9.17, 15) is 9.59 Å². The van der Waals surface area contributed by atoms with Gasteiger partial charge < -0.3 is 24.6 Å². The highest BCUT2D eigenvalue weighted by Crippen LogP contribution is 2.28. The first-order chi connectivity index (χ1) is 15.6. The van der Waals surface area contributed by atoms with Crippen molar-refractivity contribution in [2.45, 2.75) is 32.2 Å². The zero-order chi connectivity index (χ0) is 22.5. The van der Waals surface area contributed by atoms with E-state index in [1.807, 2.05) is 18.2 Å². The van der Waals surface area contributed by atoms with Gasteiger partial charge in [-0.05, 0) is 31.4 Å². The summed E-state index contributed by atoms with van der Waals surface area (Å²) in [5.74, 6) is 0.923. The Hall–Kier alpha value is -3.43. The molecule has 3 heterocycles. The van der Waals surface area contributed by atoms with Gasteiger partial charge in [0.25, 0.3) is 0 Å². The molecule has 0 radical (unpaired) electrons. The van der Waals surface area contributed by atoms with Crippen molar-refractivity contribution in [3.8, 4) is 11.8 Å². The Morgan fingerprint density at radius 3 is 2.69 bits per heavy atom. The highest BCUT2D eigenvalue weighted by Gasteiger charge is 2.35. The Kier molecular flexibility index (Phi) is 6.67. The van der Waals surface area contributed by atoms with Gasteiger partial charge in [0.05, 0.1) is 26.7 Å². The summed E-state index contributed by atoms with van der Waals surface area (Å²) in [5.41, 5.74) is 0.720. The molecule has 1 aromatic carbocycles. The van der Waals surface area contributed by atoms with Crippen molar-refractivity contribution in [1.29, 1.82) is 0 Å². The second-order valence-corrected chi connectivity index (χ2v) is 7.91. The summed E-state index contributed by atoms with van der Waals surface area (Å²) < 4.78 is 10.5. The van der Waals surface area contributed by atoms with Gasteiger partial charge in [-0.3, -0.25) is 9.59 Å². The molecule has 10 nitrogen and oxygen atoms in total. The average molecular weight is 441 g/mol. The Bertz CT molecular complexity index is 979. The molecule has 170 valence electrons. The molecule has 2 aliphatic rings.